The zero-order chi connectivity index (χ0) is 38.6. The molecule has 0 amide bonds. The standard InChI is InChI=1S/2C12H24O6.C3H10N2.2ClHO4/c2*1-2-14-5-6-16-9-10-18-12-11-17-8-7-15-4-3-13-1;4-2-1-3-5;2*2-1(3,4)5/h2*1-12H2;1-5H2;2*(H,2,3,4,5). The van der Waals surface area contributed by atoms with E-state index in [4.69, 9.17) is 94.1 Å². The van der Waals surface area contributed by atoms with Gasteiger partial charge in [0.2, 0.25) is 0 Å². The molecule has 0 aromatic carbocycles. The maximum absolute atomic E-state index is 8.49. The number of hydrogen-bond donors (Lipinski definition) is 2. The summed E-state index contributed by atoms with van der Waals surface area (Å²) in [6, 6.07) is 0. The van der Waals surface area contributed by atoms with Crippen LogP contribution in [0.25, 0.3) is 0 Å². The van der Waals surface area contributed by atoms with Gasteiger partial charge in [0.15, 0.2) is 0 Å². The third kappa shape index (κ3) is 79.6. The second-order valence-corrected chi connectivity index (χ2v) is 10.7. The van der Waals surface area contributed by atoms with Gasteiger partial charge >= 0.3 is 0 Å². The molecule has 312 valence electrons. The fourth-order valence-electron chi connectivity index (χ4n) is 2.82. The fourth-order valence-corrected chi connectivity index (χ4v) is 2.82. The molecule has 0 bridgehead atoms. The Hall–Kier alpha value is -0.300. The van der Waals surface area contributed by atoms with Crippen LogP contribution in [-0.4, -0.2) is 172 Å². The maximum atomic E-state index is 8.49. The zero-order valence-corrected chi connectivity index (χ0v) is 30.9. The van der Waals surface area contributed by atoms with E-state index in [1.807, 2.05) is 0 Å². The van der Waals surface area contributed by atoms with Crippen LogP contribution in [0.5, 0.6) is 0 Å². The maximum Gasteiger partial charge on any atom is 0.0794 e. The average Bonchev–Trinajstić information content (AvgIpc) is 3.04. The molecule has 0 aromatic heterocycles. The molecule has 24 heteroatoms. The van der Waals surface area contributed by atoms with Crippen molar-refractivity contribution < 1.29 is 126 Å². The summed E-state index contributed by atoms with van der Waals surface area (Å²) in [7, 11) is -9.89. The molecule has 0 spiro atoms. The van der Waals surface area contributed by atoms with E-state index in [-0.39, 0.29) is 0 Å². The first-order valence-corrected chi connectivity index (χ1v) is 18.6. The van der Waals surface area contributed by atoms with Crippen molar-refractivity contribution in [3.63, 3.8) is 0 Å². The molecule has 0 radical (unpaired) electrons. The Labute approximate surface area is 304 Å². The summed E-state index contributed by atoms with van der Waals surface area (Å²) >= 11 is 0. The summed E-state index contributed by atoms with van der Waals surface area (Å²) in [5.41, 5.74) is 7.27. The summed E-state index contributed by atoms with van der Waals surface area (Å²) < 4.78 is 132. The van der Waals surface area contributed by atoms with E-state index < -0.39 is 20.5 Å². The van der Waals surface area contributed by atoms with E-state index in [0.29, 0.717) is 159 Å². The van der Waals surface area contributed by atoms with Crippen LogP contribution in [0.2, 0.25) is 0 Å². The Balaban J connectivity index is -0.000000649. The minimum absolute atomic E-state index is 0.586. The van der Waals surface area contributed by atoms with E-state index in [1.165, 1.54) is 6.42 Å². The highest BCUT2D eigenvalue weighted by Crippen LogP contribution is 1.88. The number of hydrogen-bond acceptors (Lipinski definition) is 20. The number of ether oxygens (including phenoxy) is 12. The number of halogens is 2. The zero-order valence-electron chi connectivity index (χ0n) is 29.4. The van der Waals surface area contributed by atoms with Crippen molar-refractivity contribution in [2.75, 3.05) is 172 Å². The van der Waals surface area contributed by atoms with Crippen molar-refractivity contribution in [2.24, 2.45) is 0 Å². The lowest BCUT2D eigenvalue weighted by atomic mass is 10.4. The van der Waals surface area contributed by atoms with Gasteiger partial charge in [0.1, 0.15) is 0 Å². The fraction of sp³-hybridized carbons (Fsp3) is 1.00. The Morgan fingerprint density at radius 1 is 0.255 bits per heavy atom. The number of rotatable bonds is 2. The van der Waals surface area contributed by atoms with Gasteiger partial charge in [-0.05, 0) is 0 Å². The normalized spacial score (nSPS) is 20.1. The van der Waals surface area contributed by atoms with Crippen LogP contribution < -0.4 is 48.7 Å². The smallest absolute Gasteiger partial charge is 0.0794 e. The molecule has 2 heterocycles. The minimum atomic E-state index is -4.94. The van der Waals surface area contributed by atoms with Gasteiger partial charge in [-0.2, -0.15) is 0 Å². The molecule has 2 rings (SSSR count). The van der Waals surface area contributed by atoms with Gasteiger partial charge in [0.25, 0.3) is 0 Å². The lowest BCUT2D eigenvalue weighted by Gasteiger charge is -2.17. The predicted octanol–water partition coefficient (Wildman–Crippen LogP) is -11.5. The van der Waals surface area contributed by atoms with Crippen molar-refractivity contribution in [3.05, 3.63) is 0 Å². The molecule has 0 atom stereocenters. The molecule has 22 nitrogen and oxygen atoms in total. The first-order valence-electron chi connectivity index (χ1n) is 16.2. The highest BCUT2D eigenvalue weighted by Gasteiger charge is 1.97. The molecule has 0 saturated carbocycles. The first-order chi connectivity index (χ1) is 24.4. The second kappa shape index (κ2) is 45.9. The minimum Gasteiger partial charge on any atom is -0.377 e. The molecule has 0 aliphatic carbocycles. The lowest BCUT2D eigenvalue weighted by molar-refractivity contribution is -2.00. The Kier molecular flexibility index (Phi) is 49.5. The SMILES string of the molecule is C1COCCOCCOCCOCCOCCO1.C1COCCOCCOCCOCCOCCO1.[NH3+]CCC[NH3+].[O-][Cl+3]([O-])([O-])[O-].[O-][Cl+3]([O-])([O-])[O-]. The molecular weight excluding hydrogens is 743 g/mol. The van der Waals surface area contributed by atoms with Crippen LogP contribution in [0.3, 0.4) is 0 Å². The summed E-state index contributed by atoms with van der Waals surface area (Å²) in [6.45, 7) is 16.1. The average molecular weight is 804 g/mol. The topological polar surface area (TPSA) is 351 Å². The van der Waals surface area contributed by atoms with Crippen molar-refractivity contribution >= 4 is 0 Å². The Morgan fingerprint density at radius 3 is 0.373 bits per heavy atom. The Morgan fingerprint density at radius 2 is 0.333 bits per heavy atom. The van der Waals surface area contributed by atoms with Crippen molar-refractivity contribution in [1.82, 2.24) is 0 Å². The molecular formula is C27H60Cl2N2O20. The van der Waals surface area contributed by atoms with Crippen LogP contribution in [0.4, 0.5) is 0 Å². The van der Waals surface area contributed by atoms with Gasteiger partial charge in [0.05, 0.1) is 172 Å². The van der Waals surface area contributed by atoms with Gasteiger partial charge in [-0.15, -0.1) is 20.5 Å². The Bertz CT molecular complexity index is 418. The first kappa shape index (κ1) is 55.0. The van der Waals surface area contributed by atoms with Crippen molar-refractivity contribution in [2.45, 2.75) is 6.42 Å². The van der Waals surface area contributed by atoms with Gasteiger partial charge in [-0.1, -0.05) is 0 Å². The number of quaternary nitrogens is 2. The van der Waals surface area contributed by atoms with Crippen LogP contribution in [0.15, 0.2) is 0 Å². The molecule has 51 heavy (non-hydrogen) atoms. The third-order valence-electron chi connectivity index (χ3n) is 4.96. The summed E-state index contributed by atoms with van der Waals surface area (Å²) in [4.78, 5) is 0. The van der Waals surface area contributed by atoms with Gasteiger partial charge in [-0.3, -0.25) is 0 Å². The molecule has 2 fully saturated rings. The van der Waals surface area contributed by atoms with Gasteiger partial charge < -0.3 is 68.3 Å². The monoisotopic (exact) mass is 802 g/mol. The van der Waals surface area contributed by atoms with E-state index in [0.717, 1.165) is 13.1 Å². The lowest BCUT2D eigenvalue weighted by Crippen LogP contribution is -2.68. The van der Waals surface area contributed by atoms with Crippen LogP contribution in [-0.2, 0) is 56.8 Å². The van der Waals surface area contributed by atoms with E-state index in [2.05, 4.69) is 11.5 Å². The molecule has 2 aliphatic heterocycles. The van der Waals surface area contributed by atoms with E-state index in [9.17, 15) is 0 Å². The van der Waals surface area contributed by atoms with Crippen LogP contribution in [0.1, 0.15) is 6.42 Å². The largest absolute Gasteiger partial charge is 0.377 e. The van der Waals surface area contributed by atoms with Crippen molar-refractivity contribution in [1.29, 1.82) is 0 Å². The van der Waals surface area contributed by atoms with Crippen LogP contribution >= 0.6 is 0 Å². The van der Waals surface area contributed by atoms with E-state index >= 15 is 0 Å². The predicted molar refractivity (Wildman–Crippen MR) is 150 cm³/mol. The van der Waals surface area contributed by atoms with Gasteiger partial charge in [0, 0.05) is 6.42 Å². The second-order valence-electron chi connectivity index (χ2n) is 9.17. The van der Waals surface area contributed by atoms with Crippen molar-refractivity contribution in [3.8, 4) is 0 Å². The summed E-state index contributed by atoms with van der Waals surface area (Å²) in [5, 5.41) is 0. The van der Waals surface area contributed by atoms with Crippen LogP contribution in [0, 0.1) is 20.5 Å². The third-order valence-corrected chi connectivity index (χ3v) is 4.96. The summed E-state index contributed by atoms with van der Waals surface area (Å²) in [6.07, 6.45) is 1.17. The molecule has 0 aromatic rings. The molecule has 6 N–H and O–H groups in total. The summed E-state index contributed by atoms with van der Waals surface area (Å²) in [5.74, 6) is 0. The quantitative estimate of drug-likeness (QED) is 0.262. The van der Waals surface area contributed by atoms with E-state index in [1.54, 1.807) is 0 Å². The highest BCUT2D eigenvalue weighted by molar-refractivity contribution is 4.40. The highest BCUT2D eigenvalue weighted by atomic mass is 35.7. The molecule has 0 unspecified atom stereocenters. The molecule has 2 saturated heterocycles. The molecule has 2 aliphatic rings. The van der Waals surface area contributed by atoms with Gasteiger partial charge in [-0.25, -0.2) is 37.3 Å².